The molecular weight excluding hydrogens is 288 g/mol. The fourth-order valence-electron chi connectivity index (χ4n) is 2.02. The molecule has 0 aliphatic carbocycles. The Hall–Kier alpha value is 0.120. The third-order valence-corrected chi connectivity index (χ3v) is 4.50. The maximum Gasteiger partial charge on any atom is 0.213 e. The van der Waals surface area contributed by atoms with Crippen molar-refractivity contribution in [3.63, 3.8) is 0 Å². The molecule has 0 amide bonds. The van der Waals surface area contributed by atoms with Gasteiger partial charge in [0.25, 0.3) is 0 Å². The first-order valence-electron chi connectivity index (χ1n) is 6.63. The topological polar surface area (TPSA) is 67.4 Å². The van der Waals surface area contributed by atoms with Crippen LogP contribution < -0.4 is 10.0 Å². The average molecular weight is 315 g/mol. The molecule has 1 fully saturated rings. The lowest BCUT2D eigenvalue weighted by atomic mass is 9.83. The molecule has 0 aromatic carbocycles. The Kier molecular flexibility index (Phi) is 8.47. The van der Waals surface area contributed by atoms with Crippen LogP contribution >= 0.6 is 12.4 Å². The van der Waals surface area contributed by atoms with Gasteiger partial charge in [0.1, 0.15) is 0 Å². The summed E-state index contributed by atoms with van der Waals surface area (Å²) in [5.41, 5.74) is 0.0320. The van der Waals surface area contributed by atoms with Crippen LogP contribution in [0.5, 0.6) is 0 Å². The molecular formula is C12H27ClN2O3S. The minimum absolute atomic E-state index is 0. The van der Waals surface area contributed by atoms with Crippen molar-refractivity contribution in [3.8, 4) is 0 Å². The van der Waals surface area contributed by atoms with Gasteiger partial charge in [-0.05, 0) is 38.6 Å². The van der Waals surface area contributed by atoms with E-state index in [2.05, 4.69) is 17.0 Å². The van der Waals surface area contributed by atoms with Crippen molar-refractivity contribution in [1.82, 2.24) is 10.0 Å². The van der Waals surface area contributed by atoms with Crippen molar-refractivity contribution in [2.24, 2.45) is 5.41 Å². The number of piperidine rings is 1. The van der Waals surface area contributed by atoms with E-state index in [1.165, 1.54) is 0 Å². The standard InChI is InChI=1S/C12H26N2O3S.ClH/c1-11(2)17-7-8-18(15,16)14-10-12(3)5-4-6-13-9-12;/h11,13-14H,4-10H2,1-3H3;1H. The third kappa shape index (κ3) is 8.09. The third-order valence-electron chi connectivity index (χ3n) is 3.21. The molecule has 1 unspecified atom stereocenters. The van der Waals surface area contributed by atoms with E-state index in [0.717, 1.165) is 25.9 Å². The monoisotopic (exact) mass is 314 g/mol. The van der Waals surface area contributed by atoms with E-state index in [0.29, 0.717) is 6.54 Å². The first kappa shape index (κ1) is 19.1. The average Bonchev–Trinajstić information content (AvgIpc) is 2.27. The van der Waals surface area contributed by atoms with E-state index in [1.807, 2.05) is 13.8 Å². The summed E-state index contributed by atoms with van der Waals surface area (Å²) in [7, 11) is -3.22. The summed E-state index contributed by atoms with van der Waals surface area (Å²) < 4.78 is 31.5. The Bertz CT molecular complexity index is 341. The molecule has 0 spiro atoms. The predicted molar refractivity (Wildman–Crippen MR) is 80.3 cm³/mol. The van der Waals surface area contributed by atoms with Crippen molar-refractivity contribution in [2.75, 3.05) is 32.0 Å². The molecule has 1 atom stereocenters. The minimum Gasteiger partial charge on any atom is -0.378 e. The lowest BCUT2D eigenvalue weighted by molar-refractivity contribution is 0.0911. The number of hydrogen-bond acceptors (Lipinski definition) is 4. The van der Waals surface area contributed by atoms with Crippen molar-refractivity contribution >= 4 is 22.4 Å². The minimum atomic E-state index is -3.22. The zero-order valence-electron chi connectivity index (χ0n) is 12.1. The van der Waals surface area contributed by atoms with Crippen LogP contribution in [0.1, 0.15) is 33.6 Å². The molecule has 7 heteroatoms. The molecule has 1 rings (SSSR count). The van der Waals surface area contributed by atoms with Crippen LogP contribution in [-0.4, -0.2) is 46.5 Å². The van der Waals surface area contributed by atoms with Gasteiger partial charge >= 0.3 is 0 Å². The van der Waals surface area contributed by atoms with Crippen LogP contribution in [0, 0.1) is 5.41 Å². The second kappa shape index (κ2) is 8.42. The zero-order chi connectivity index (χ0) is 13.6. The van der Waals surface area contributed by atoms with Gasteiger partial charge in [0, 0.05) is 13.1 Å². The Morgan fingerprint density at radius 2 is 2.11 bits per heavy atom. The van der Waals surface area contributed by atoms with Gasteiger partial charge in [0.15, 0.2) is 0 Å². The molecule has 1 aliphatic rings. The van der Waals surface area contributed by atoms with Crippen LogP contribution in [0.3, 0.4) is 0 Å². The highest BCUT2D eigenvalue weighted by atomic mass is 35.5. The molecule has 2 N–H and O–H groups in total. The summed E-state index contributed by atoms with van der Waals surface area (Å²) in [5, 5.41) is 3.31. The fraction of sp³-hybridized carbons (Fsp3) is 1.00. The van der Waals surface area contributed by atoms with Crippen LogP contribution in [-0.2, 0) is 14.8 Å². The predicted octanol–water partition coefficient (Wildman–Crippen LogP) is 1.14. The van der Waals surface area contributed by atoms with Gasteiger partial charge in [-0.1, -0.05) is 6.92 Å². The normalized spacial score (nSPS) is 24.2. The number of halogens is 1. The van der Waals surface area contributed by atoms with E-state index < -0.39 is 10.0 Å². The van der Waals surface area contributed by atoms with Gasteiger partial charge in [-0.25, -0.2) is 13.1 Å². The fourth-order valence-corrected chi connectivity index (χ4v) is 3.05. The van der Waals surface area contributed by atoms with Crippen LogP contribution in [0.25, 0.3) is 0 Å². The Morgan fingerprint density at radius 3 is 2.63 bits per heavy atom. The van der Waals surface area contributed by atoms with Gasteiger partial charge in [-0.15, -0.1) is 12.4 Å². The molecule has 116 valence electrons. The Labute approximate surface area is 123 Å². The molecule has 5 nitrogen and oxygen atoms in total. The number of sulfonamides is 1. The van der Waals surface area contributed by atoms with Crippen LogP contribution in [0.2, 0.25) is 0 Å². The van der Waals surface area contributed by atoms with Gasteiger partial charge in [-0.2, -0.15) is 0 Å². The SMILES string of the molecule is CC(C)OCCS(=O)(=O)NCC1(C)CCCNC1.Cl. The highest BCUT2D eigenvalue weighted by Crippen LogP contribution is 2.24. The zero-order valence-corrected chi connectivity index (χ0v) is 13.7. The molecule has 0 saturated carbocycles. The molecule has 0 bridgehead atoms. The first-order valence-corrected chi connectivity index (χ1v) is 8.28. The summed E-state index contributed by atoms with van der Waals surface area (Å²) in [4.78, 5) is 0. The molecule has 0 aromatic rings. The van der Waals surface area contributed by atoms with E-state index in [1.54, 1.807) is 0 Å². The smallest absolute Gasteiger partial charge is 0.213 e. The number of hydrogen-bond donors (Lipinski definition) is 2. The van der Waals surface area contributed by atoms with Crippen molar-refractivity contribution in [1.29, 1.82) is 0 Å². The highest BCUT2D eigenvalue weighted by molar-refractivity contribution is 7.89. The number of rotatable bonds is 7. The summed E-state index contributed by atoms with van der Waals surface area (Å²) in [5.74, 6) is 0.0364. The van der Waals surface area contributed by atoms with Crippen molar-refractivity contribution in [2.45, 2.75) is 39.7 Å². The lowest BCUT2D eigenvalue weighted by Gasteiger charge is -2.34. The maximum atomic E-state index is 11.8. The van der Waals surface area contributed by atoms with E-state index >= 15 is 0 Å². The van der Waals surface area contributed by atoms with E-state index in [-0.39, 0.29) is 36.3 Å². The summed E-state index contributed by atoms with van der Waals surface area (Å²) in [6.07, 6.45) is 2.24. The Balaban J connectivity index is 0.00000324. The molecule has 1 aliphatic heterocycles. The van der Waals surface area contributed by atoms with Crippen molar-refractivity contribution in [3.05, 3.63) is 0 Å². The lowest BCUT2D eigenvalue weighted by Crippen LogP contribution is -2.46. The van der Waals surface area contributed by atoms with Crippen LogP contribution in [0.4, 0.5) is 0 Å². The van der Waals surface area contributed by atoms with Gasteiger partial charge < -0.3 is 10.1 Å². The van der Waals surface area contributed by atoms with Gasteiger partial charge in [-0.3, -0.25) is 0 Å². The maximum absolute atomic E-state index is 11.8. The van der Waals surface area contributed by atoms with E-state index in [4.69, 9.17) is 4.74 Å². The largest absolute Gasteiger partial charge is 0.378 e. The first-order chi connectivity index (χ1) is 8.33. The van der Waals surface area contributed by atoms with Gasteiger partial charge in [0.2, 0.25) is 10.0 Å². The van der Waals surface area contributed by atoms with Crippen molar-refractivity contribution < 1.29 is 13.2 Å². The second-order valence-corrected chi connectivity index (χ2v) is 7.58. The summed E-state index contributed by atoms with van der Waals surface area (Å²) >= 11 is 0. The molecule has 19 heavy (non-hydrogen) atoms. The second-order valence-electron chi connectivity index (χ2n) is 5.65. The molecule has 0 aromatic heterocycles. The number of nitrogens with one attached hydrogen (secondary N) is 2. The highest BCUT2D eigenvalue weighted by Gasteiger charge is 2.28. The Morgan fingerprint density at radius 1 is 1.42 bits per heavy atom. The quantitative estimate of drug-likeness (QED) is 0.739. The van der Waals surface area contributed by atoms with Crippen LogP contribution in [0.15, 0.2) is 0 Å². The molecule has 1 saturated heterocycles. The summed E-state index contributed by atoms with van der Waals surface area (Å²) in [6.45, 7) is 8.57. The summed E-state index contributed by atoms with van der Waals surface area (Å²) in [6, 6.07) is 0. The molecule has 0 radical (unpaired) electrons. The molecule has 1 heterocycles. The number of ether oxygens (including phenoxy) is 1. The van der Waals surface area contributed by atoms with E-state index in [9.17, 15) is 8.42 Å². The van der Waals surface area contributed by atoms with Gasteiger partial charge in [0.05, 0.1) is 18.5 Å².